The third-order valence-electron chi connectivity index (χ3n) is 4.58. The fourth-order valence-corrected chi connectivity index (χ4v) is 3.46. The van der Waals surface area contributed by atoms with Gasteiger partial charge in [-0.3, -0.25) is 4.68 Å². The van der Waals surface area contributed by atoms with E-state index in [1.807, 2.05) is 35.1 Å². The van der Waals surface area contributed by atoms with E-state index in [2.05, 4.69) is 36.1 Å². The summed E-state index contributed by atoms with van der Waals surface area (Å²) in [6.45, 7) is 7.78. The van der Waals surface area contributed by atoms with Crippen molar-refractivity contribution in [2.24, 2.45) is 5.41 Å². The van der Waals surface area contributed by atoms with Crippen LogP contribution in [0, 0.1) is 5.41 Å². The van der Waals surface area contributed by atoms with Gasteiger partial charge in [-0.05, 0) is 17.9 Å². The third-order valence-corrected chi connectivity index (χ3v) is 4.58. The number of aromatic nitrogens is 4. The molecule has 24 heavy (non-hydrogen) atoms. The number of para-hydroxylation sites is 1. The fourth-order valence-electron chi connectivity index (χ4n) is 3.46. The highest BCUT2D eigenvalue weighted by molar-refractivity contribution is 5.78. The van der Waals surface area contributed by atoms with Crippen LogP contribution in [0.25, 0.3) is 10.9 Å². The topological polar surface area (TPSA) is 66.0 Å². The number of nitrogens with zero attached hydrogens (tertiary/aromatic N) is 4. The Bertz CT molecular complexity index is 846. The van der Waals surface area contributed by atoms with Crippen LogP contribution in [0.4, 0.5) is 0 Å². The summed E-state index contributed by atoms with van der Waals surface area (Å²) >= 11 is 0. The number of hydrogen-bond donors (Lipinski definition) is 0. The molecule has 0 unspecified atom stereocenters. The van der Waals surface area contributed by atoms with E-state index >= 15 is 0 Å². The van der Waals surface area contributed by atoms with Gasteiger partial charge in [-0.15, -0.1) is 10.2 Å². The molecule has 1 saturated heterocycles. The first-order chi connectivity index (χ1) is 11.5. The van der Waals surface area contributed by atoms with Crippen LogP contribution in [0.3, 0.4) is 0 Å². The second kappa shape index (κ2) is 5.70. The predicted molar refractivity (Wildman–Crippen MR) is 89.7 cm³/mol. The van der Waals surface area contributed by atoms with Gasteiger partial charge >= 0.3 is 0 Å². The summed E-state index contributed by atoms with van der Waals surface area (Å²) in [5.41, 5.74) is 1.11. The molecular weight excluding hydrogens is 304 g/mol. The zero-order chi connectivity index (χ0) is 16.7. The first-order valence-electron chi connectivity index (χ1n) is 8.37. The largest absolute Gasteiger partial charge is 0.423 e. The van der Waals surface area contributed by atoms with Crippen molar-refractivity contribution in [2.75, 3.05) is 6.61 Å². The molecular formula is C18H22N4O2. The maximum absolute atomic E-state index is 5.95. The minimum absolute atomic E-state index is 0.0496. The number of ether oxygens (including phenoxy) is 1. The summed E-state index contributed by atoms with van der Waals surface area (Å²) < 4.78 is 13.8. The molecule has 1 aromatic carbocycles. The van der Waals surface area contributed by atoms with Gasteiger partial charge in [0.15, 0.2) is 0 Å². The number of rotatable bonds is 3. The van der Waals surface area contributed by atoms with Crippen molar-refractivity contribution in [3.05, 3.63) is 42.2 Å². The lowest BCUT2D eigenvalue weighted by Crippen LogP contribution is -2.30. The van der Waals surface area contributed by atoms with E-state index in [1.165, 1.54) is 0 Å². The minimum atomic E-state index is 0.0496. The Labute approximate surface area is 140 Å². The van der Waals surface area contributed by atoms with Gasteiger partial charge in [-0.25, -0.2) is 0 Å². The minimum Gasteiger partial charge on any atom is -0.423 e. The predicted octanol–water partition coefficient (Wildman–Crippen LogP) is 3.39. The molecule has 2 atom stereocenters. The smallest absolute Gasteiger partial charge is 0.237 e. The zero-order valence-electron chi connectivity index (χ0n) is 14.3. The lowest BCUT2D eigenvalue weighted by Gasteiger charge is -2.29. The average Bonchev–Trinajstić information content (AvgIpc) is 3.25. The Balaban J connectivity index is 1.57. The Morgan fingerprint density at radius 1 is 1.21 bits per heavy atom. The van der Waals surface area contributed by atoms with Gasteiger partial charge in [0.05, 0.1) is 23.7 Å². The van der Waals surface area contributed by atoms with Gasteiger partial charge in [0, 0.05) is 12.0 Å². The summed E-state index contributed by atoms with van der Waals surface area (Å²) in [7, 11) is 0. The fraction of sp³-hybridized carbons (Fsp3) is 0.500. The molecule has 3 aromatic rings. The SMILES string of the molecule is CC(C)(C)[C@H]1OCC[C@@H]1c1nnc(Cn2ncc3ccccc32)o1. The molecule has 4 rings (SSSR count). The number of hydrogen-bond acceptors (Lipinski definition) is 5. The van der Waals surface area contributed by atoms with E-state index in [1.54, 1.807) is 0 Å². The molecule has 0 spiro atoms. The molecule has 3 heterocycles. The van der Waals surface area contributed by atoms with Crippen molar-refractivity contribution in [1.82, 2.24) is 20.0 Å². The van der Waals surface area contributed by atoms with Crippen LogP contribution in [0.15, 0.2) is 34.9 Å². The Morgan fingerprint density at radius 2 is 2.04 bits per heavy atom. The van der Waals surface area contributed by atoms with Crippen molar-refractivity contribution in [3.8, 4) is 0 Å². The van der Waals surface area contributed by atoms with Gasteiger partial charge < -0.3 is 9.15 Å². The van der Waals surface area contributed by atoms with E-state index in [4.69, 9.17) is 9.15 Å². The lowest BCUT2D eigenvalue weighted by molar-refractivity contribution is 0.0170. The monoisotopic (exact) mass is 326 g/mol. The van der Waals surface area contributed by atoms with Gasteiger partial charge in [-0.1, -0.05) is 39.0 Å². The van der Waals surface area contributed by atoms with Crippen LogP contribution in [0.2, 0.25) is 0 Å². The average molecular weight is 326 g/mol. The molecule has 0 amide bonds. The molecule has 0 aliphatic carbocycles. The molecule has 1 fully saturated rings. The molecule has 2 aromatic heterocycles. The summed E-state index contributed by atoms with van der Waals surface area (Å²) in [6.07, 6.45) is 2.89. The molecule has 0 saturated carbocycles. The van der Waals surface area contributed by atoms with E-state index in [0.717, 1.165) is 23.9 Å². The summed E-state index contributed by atoms with van der Waals surface area (Å²) in [5, 5.41) is 14.0. The van der Waals surface area contributed by atoms with Gasteiger partial charge in [0.2, 0.25) is 11.8 Å². The van der Waals surface area contributed by atoms with Crippen molar-refractivity contribution in [1.29, 1.82) is 0 Å². The highest BCUT2D eigenvalue weighted by Gasteiger charge is 2.41. The number of benzene rings is 1. The van der Waals surface area contributed by atoms with Gasteiger partial charge in [0.1, 0.15) is 6.54 Å². The second-order valence-corrected chi connectivity index (χ2v) is 7.45. The molecule has 1 aliphatic rings. The summed E-state index contributed by atoms with van der Waals surface area (Å²) in [4.78, 5) is 0. The van der Waals surface area contributed by atoms with Crippen LogP contribution < -0.4 is 0 Å². The Hall–Kier alpha value is -2.21. The van der Waals surface area contributed by atoms with Crippen molar-refractivity contribution >= 4 is 10.9 Å². The zero-order valence-corrected chi connectivity index (χ0v) is 14.3. The lowest BCUT2D eigenvalue weighted by atomic mass is 9.81. The van der Waals surface area contributed by atoms with Crippen molar-refractivity contribution in [3.63, 3.8) is 0 Å². The molecule has 0 radical (unpaired) electrons. The second-order valence-electron chi connectivity index (χ2n) is 7.45. The number of fused-ring (bicyclic) bond motifs is 1. The maximum Gasteiger partial charge on any atom is 0.237 e. The van der Waals surface area contributed by atoms with Crippen LogP contribution >= 0.6 is 0 Å². The van der Waals surface area contributed by atoms with Gasteiger partial charge in [0.25, 0.3) is 0 Å². The molecule has 6 heteroatoms. The Kier molecular flexibility index (Phi) is 3.64. The van der Waals surface area contributed by atoms with E-state index in [-0.39, 0.29) is 17.4 Å². The highest BCUT2D eigenvalue weighted by atomic mass is 16.5. The maximum atomic E-state index is 5.95. The standard InChI is InChI=1S/C18H22N4O2/c1-18(2,3)16-13(8-9-23-16)17-21-20-15(24-17)11-22-14-7-5-4-6-12(14)10-19-22/h4-7,10,13,16H,8-9,11H2,1-3H3/t13-,16-/m0/s1. The third kappa shape index (κ3) is 2.71. The summed E-state index contributed by atoms with van der Waals surface area (Å²) in [6, 6.07) is 8.09. The quantitative estimate of drug-likeness (QED) is 0.738. The normalized spacial score (nSPS) is 21.6. The van der Waals surface area contributed by atoms with Crippen LogP contribution in [0.5, 0.6) is 0 Å². The van der Waals surface area contributed by atoms with Crippen LogP contribution in [-0.4, -0.2) is 32.7 Å². The van der Waals surface area contributed by atoms with E-state index in [9.17, 15) is 0 Å². The molecule has 0 N–H and O–H groups in total. The van der Waals surface area contributed by atoms with Crippen LogP contribution in [0.1, 0.15) is 44.9 Å². The molecule has 0 bridgehead atoms. The van der Waals surface area contributed by atoms with E-state index < -0.39 is 0 Å². The molecule has 1 aliphatic heterocycles. The van der Waals surface area contributed by atoms with Crippen LogP contribution in [-0.2, 0) is 11.3 Å². The summed E-state index contributed by atoms with van der Waals surface area (Å²) in [5.74, 6) is 1.43. The highest BCUT2D eigenvalue weighted by Crippen LogP contribution is 2.40. The van der Waals surface area contributed by atoms with Crippen molar-refractivity contribution < 1.29 is 9.15 Å². The molecule has 126 valence electrons. The van der Waals surface area contributed by atoms with E-state index in [0.29, 0.717) is 18.3 Å². The van der Waals surface area contributed by atoms with Gasteiger partial charge in [-0.2, -0.15) is 5.10 Å². The Morgan fingerprint density at radius 3 is 2.88 bits per heavy atom. The molecule has 6 nitrogen and oxygen atoms in total. The first-order valence-corrected chi connectivity index (χ1v) is 8.37. The van der Waals surface area contributed by atoms with Crippen molar-refractivity contribution in [2.45, 2.75) is 45.8 Å². The first kappa shape index (κ1) is 15.3.